The molecule has 0 fully saturated rings. The van der Waals surface area contributed by atoms with E-state index in [0.717, 1.165) is 18.4 Å². The van der Waals surface area contributed by atoms with Gasteiger partial charge in [-0.15, -0.1) is 0 Å². The molecule has 0 bridgehead atoms. The van der Waals surface area contributed by atoms with Crippen molar-refractivity contribution in [3.05, 3.63) is 59.7 Å². The van der Waals surface area contributed by atoms with Gasteiger partial charge in [0.15, 0.2) is 0 Å². The van der Waals surface area contributed by atoms with Crippen LogP contribution >= 0.6 is 21.6 Å². The van der Waals surface area contributed by atoms with E-state index in [1.165, 1.54) is 21.6 Å². The van der Waals surface area contributed by atoms with Gasteiger partial charge in [0, 0.05) is 17.1 Å². The topological polar surface area (TPSA) is 122 Å². The molecule has 0 radical (unpaired) electrons. The minimum Gasteiger partial charge on any atom is -0.480 e. The Balaban J connectivity index is 1.84. The lowest BCUT2D eigenvalue weighted by atomic mass is 10.1. The van der Waals surface area contributed by atoms with Crippen LogP contribution in [0.3, 0.4) is 0 Å². The van der Waals surface area contributed by atoms with Crippen LogP contribution in [-0.2, 0) is 30.3 Å². The second kappa shape index (κ2) is 14.4. The lowest BCUT2D eigenvalue weighted by Crippen LogP contribution is -2.44. The predicted octanol–water partition coefficient (Wildman–Crippen LogP) is 2.50. The summed E-state index contributed by atoms with van der Waals surface area (Å²) in [5, 5.41) is 14.6. The van der Waals surface area contributed by atoms with Crippen molar-refractivity contribution in [1.29, 1.82) is 0 Å². The molecule has 2 atom stereocenters. The number of aliphatic carboxylic acids is 1. The highest BCUT2D eigenvalue weighted by atomic mass is 33.1. The second-order valence-electron chi connectivity index (χ2n) is 7.11. The number of amides is 2. The average molecular weight is 493 g/mol. The molecule has 0 aliphatic heterocycles. The molecule has 3 N–H and O–H groups in total. The van der Waals surface area contributed by atoms with Crippen molar-refractivity contribution >= 4 is 45.3 Å². The highest BCUT2D eigenvalue weighted by Gasteiger charge is 2.25. The van der Waals surface area contributed by atoms with E-state index in [1.54, 1.807) is 25.1 Å². The molecule has 0 heterocycles. The van der Waals surface area contributed by atoms with Gasteiger partial charge in [0.1, 0.15) is 12.1 Å². The molecule has 0 aromatic heterocycles. The van der Waals surface area contributed by atoms with Crippen molar-refractivity contribution in [2.24, 2.45) is 0 Å². The summed E-state index contributed by atoms with van der Waals surface area (Å²) >= 11 is 0. The van der Waals surface area contributed by atoms with Gasteiger partial charge in [-0.25, -0.2) is 9.59 Å². The van der Waals surface area contributed by atoms with Crippen LogP contribution in [-0.4, -0.2) is 59.1 Å². The average Bonchev–Trinajstić information content (AvgIpc) is 2.81. The summed E-state index contributed by atoms with van der Waals surface area (Å²) in [6.07, 6.45) is 7.16. The molecule has 0 spiro atoms. The first-order chi connectivity index (χ1) is 15.9. The molecule has 178 valence electrons. The molecular formula is C23H28N2O6S2. The number of benzene rings is 1. The molecule has 33 heavy (non-hydrogen) atoms. The lowest BCUT2D eigenvalue weighted by Gasteiger charge is -2.18. The molecule has 1 aliphatic rings. The molecule has 2 rings (SSSR count). The zero-order chi connectivity index (χ0) is 24.1. The Morgan fingerprint density at radius 1 is 1.03 bits per heavy atom. The van der Waals surface area contributed by atoms with E-state index in [2.05, 4.69) is 10.6 Å². The van der Waals surface area contributed by atoms with Crippen molar-refractivity contribution in [3.63, 3.8) is 0 Å². The number of rotatable bonds is 13. The van der Waals surface area contributed by atoms with Crippen molar-refractivity contribution in [2.45, 2.75) is 38.3 Å². The Hall–Kier alpha value is -2.72. The molecule has 1 aliphatic carbocycles. The molecule has 1 aromatic rings. The first kappa shape index (κ1) is 26.5. The third-order valence-electron chi connectivity index (χ3n) is 4.53. The minimum absolute atomic E-state index is 0.0870. The minimum atomic E-state index is -1.14. The maximum atomic E-state index is 12.4. The van der Waals surface area contributed by atoms with Gasteiger partial charge >= 0.3 is 11.9 Å². The Kier molecular flexibility index (Phi) is 11.6. The number of carbonyl (C=O) groups is 4. The lowest BCUT2D eigenvalue weighted by molar-refractivity contribution is -0.146. The van der Waals surface area contributed by atoms with Gasteiger partial charge in [-0.2, -0.15) is 0 Å². The number of carbonyl (C=O) groups excluding carboxylic acids is 3. The van der Waals surface area contributed by atoms with E-state index < -0.39 is 24.0 Å². The fourth-order valence-electron chi connectivity index (χ4n) is 2.87. The summed E-state index contributed by atoms with van der Waals surface area (Å²) in [5.74, 6) is -2.15. The maximum Gasteiger partial charge on any atom is 0.329 e. The SMILES string of the molecule is CCOC(=O)C(CSSCC(NC(=O)Cc1ccccc1)C(=O)O)NC(=O)C1=CCCC=C1. The largest absolute Gasteiger partial charge is 0.480 e. The Bertz CT molecular complexity index is 888. The Morgan fingerprint density at radius 2 is 1.73 bits per heavy atom. The van der Waals surface area contributed by atoms with E-state index in [0.29, 0.717) is 5.57 Å². The van der Waals surface area contributed by atoms with Crippen molar-refractivity contribution in [1.82, 2.24) is 10.6 Å². The normalized spacial score (nSPS) is 14.5. The summed E-state index contributed by atoms with van der Waals surface area (Å²) in [6.45, 7) is 1.86. The van der Waals surface area contributed by atoms with Crippen LogP contribution in [0.2, 0.25) is 0 Å². The van der Waals surface area contributed by atoms with Crippen LogP contribution in [0.5, 0.6) is 0 Å². The van der Waals surface area contributed by atoms with Crippen molar-refractivity contribution in [2.75, 3.05) is 18.1 Å². The van der Waals surface area contributed by atoms with Crippen LogP contribution in [0.15, 0.2) is 54.1 Å². The number of carboxylic acid groups (broad SMARTS) is 1. The monoisotopic (exact) mass is 492 g/mol. The third kappa shape index (κ3) is 9.75. The maximum absolute atomic E-state index is 12.4. The quantitative estimate of drug-likeness (QED) is 0.218. The molecule has 8 nitrogen and oxygen atoms in total. The number of hydrogen-bond donors (Lipinski definition) is 3. The summed E-state index contributed by atoms with van der Waals surface area (Å²) in [6, 6.07) is 7.09. The number of ether oxygens (including phenoxy) is 1. The van der Waals surface area contributed by atoms with Gasteiger partial charge in [0.2, 0.25) is 5.91 Å². The van der Waals surface area contributed by atoms with Gasteiger partial charge in [-0.3, -0.25) is 9.59 Å². The van der Waals surface area contributed by atoms with E-state index in [9.17, 15) is 24.3 Å². The molecule has 10 heteroatoms. The number of hydrogen-bond acceptors (Lipinski definition) is 7. The predicted molar refractivity (Wildman–Crippen MR) is 130 cm³/mol. The second-order valence-corrected chi connectivity index (χ2v) is 9.66. The van der Waals surface area contributed by atoms with E-state index in [1.807, 2.05) is 30.4 Å². The van der Waals surface area contributed by atoms with Gasteiger partial charge in [-0.05, 0) is 25.3 Å². The van der Waals surface area contributed by atoms with Crippen LogP contribution in [0, 0.1) is 0 Å². The highest BCUT2D eigenvalue weighted by molar-refractivity contribution is 8.76. The van der Waals surface area contributed by atoms with Crippen molar-refractivity contribution in [3.8, 4) is 0 Å². The molecule has 2 unspecified atom stereocenters. The van der Waals surface area contributed by atoms with Gasteiger partial charge in [0.05, 0.1) is 13.0 Å². The standard InChI is InChI=1S/C23H28N2O6S2/c1-2-31-23(30)19(25-21(27)17-11-7-4-8-12-17)15-33-32-14-18(22(28)29)24-20(26)13-16-9-5-3-6-10-16/h3,5-7,9-12,18-19H,2,4,8,13-15H2,1H3,(H,24,26)(H,25,27)(H,28,29). The summed E-state index contributed by atoms with van der Waals surface area (Å²) in [4.78, 5) is 48.4. The smallest absolute Gasteiger partial charge is 0.329 e. The molecular weight excluding hydrogens is 464 g/mol. The van der Waals surface area contributed by atoms with E-state index in [-0.39, 0.29) is 36.3 Å². The van der Waals surface area contributed by atoms with Crippen molar-refractivity contribution < 1.29 is 29.0 Å². The highest BCUT2D eigenvalue weighted by Crippen LogP contribution is 2.24. The van der Waals surface area contributed by atoms with E-state index in [4.69, 9.17) is 4.74 Å². The van der Waals surface area contributed by atoms with Gasteiger partial charge in [-0.1, -0.05) is 70.1 Å². The van der Waals surface area contributed by atoms with Gasteiger partial charge in [0.25, 0.3) is 5.91 Å². The molecule has 0 saturated heterocycles. The number of allylic oxidation sites excluding steroid dienone is 2. The summed E-state index contributed by atoms with van der Waals surface area (Å²) in [5.41, 5.74) is 1.29. The first-order valence-corrected chi connectivity index (χ1v) is 13.0. The van der Waals surface area contributed by atoms with Crippen LogP contribution in [0.4, 0.5) is 0 Å². The van der Waals surface area contributed by atoms with E-state index >= 15 is 0 Å². The summed E-state index contributed by atoms with van der Waals surface area (Å²) < 4.78 is 5.05. The van der Waals surface area contributed by atoms with Crippen LogP contribution in [0.25, 0.3) is 0 Å². The Morgan fingerprint density at radius 3 is 2.33 bits per heavy atom. The fraction of sp³-hybridized carbons (Fsp3) is 0.391. The third-order valence-corrected chi connectivity index (χ3v) is 6.95. The number of carboxylic acids is 1. The molecule has 1 aromatic carbocycles. The summed E-state index contributed by atoms with van der Waals surface area (Å²) in [7, 11) is 2.43. The molecule has 2 amide bonds. The zero-order valence-corrected chi connectivity index (χ0v) is 20.0. The Labute approximate surface area is 201 Å². The van der Waals surface area contributed by atoms with Gasteiger partial charge < -0.3 is 20.5 Å². The molecule has 0 saturated carbocycles. The zero-order valence-electron chi connectivity index (χ0n) is 18.3. The number of esters is 1. The van der Waals surface area contributed by atoms with Crippen LogP contribution in [0.1, 0.15) is 25.3 Å². The van der Waals surface area contributed by atoms with Crippen LogP contribution < -0.4 is 10.6 Å². The fourth-order valence-corrected chi connectivity index (χ4v) is 5.17. The number of nitrogens with one attached hydrogen (secondary N) is 2. The first-order valence-electron chi connectivity index (χ1n) is 10.6.